The van der Waals surface area contributed by atoms with Gasteiger partial charge in [0.05, 0.1) is 11.9 Å². The first-order valence-electron chi connectivity index (χ1n) is 6.51. The Morgan fingerprint density at radius 2 is 2.16 bits per heavy atom. The molecule has 0 fully saturated rings. The molecule has 2 heterocycles. The van der Waals surface area contributed by atoms with Crippen LogP contribution in [-0.2, 0) is 19.4 Å². The van der Waals surface area contributed by atoms with E-state index in [1.807, 2.05) is 10.7 Å². The highest BCUT2D eigenvalue weighted by molar-refractivity contribution is 7.19. The lowest BCUT2D eigenvalue weighted by Crippen LogP contribution is -1.95. The first-order valence-corrected chi connectivity index (χ1v) is 7.32. The number of nitrogens with zero attached hydrogens (tertiary/aromatic N) is 3. The van der Waals surface area contributed by atoms with Crippen LogP contribution in [0.25, 0.3) is 15.5 Å². The molecule has 0 unspecified atom stereocenters. The summed E-state index contributed by atoms with van der Waals surface area (Å²) in [5.41, 5.74) is 10.6. The average molecular weight is 270 g/mol. The third-order valence-corrected chi connectivity index (χ3v) is 4.62. The minimum absolute atomic E-state index is 0.463. The highest BCUT2D eigenvalue weighted by atomic mass is 32.1. The van der Waals surface area contributed by atoms with Gasteiger partial charge in [-0.1, -0.05) is 23.5 Å². The molecule has 3 aromatic rings. The van der Waals surface area contributed by atoms with Crippen LogP contribution in [0.2, 0.25) is 0 Å². The van der Waals surface area contributed by atoms with Crippen molar-refractivity contribution in [2.24, 2.45) is 5.73 Å². The normalized spacial score (nSPS) is 14.2. The van der Waals surface area contributed by atoms with Crippen LogP contribution in [0.4, 0.5) is 0 Å². The van der Waals surface area contributed by atoms with Crippen LogP contribution >= 0.6 is 11.3 Å². The molecule has 0 atom stereocenters. The second kappa shape index (κ2) is 4.15. The van der Waals surface area contributed by atoms with Crippen molar-refractivity contribution >= 4 is 16.3 Å². The fraction of sp³-hybridized carbons (Fsp3) is 0.286. The Morgan fingerprint density at radius 3 is 3.00 bits per heavy atom. The summed E-state index contributed by atoms with van der Waals surface area (Å²) in [6.45, 7) is 0.463. The minimum atomic E-state index is 0.463. The summed E-state index contributed by atoms with van der Waals surface area (Å²) in [7, 11) is 0. The van der Waals surface area contributed by atoms with Crippen molar-refractivity contribution in [3.05, 3.63) is 41.2 Å². The molecule has 2 aromatic heterocycles. The Morgan fingerprint density at radius 1 is 1.26 bits per heavy atom. The maximum absolute atomic E-state index is 5.58. The van der Waals surface area contributed by atoms with Crippen molar-refractivity contribution in [3.63, 3.8) is 0 Å². The minimum Gasteiger partial charge on any atom is -0.325 e. The molecule has 0 bridgehead atoms. The molecule has 1 aromatic carbocycles. The summed E-state index contributed by atoms with van der Waals surface area (Å²) in [5, 5.41) is 5.62. The zero-order chi connectivity index (χ0) is 12.8. The molecule has 2 N–H and O–H groups in total. The van der Waals surface area contributed by atoms with Crippen LogP contribution in [0.5, 0.6) is 0 Å². The van der Waals surface area contributed by atoms with Crippen LogP contribution in [0.15, 0.2) is 24.4 Å². The fourth-order valence-electron chi connectivity index (χ4n) is 2.67. The van der Waals surface area contributed by atoms with Gasteiger partial charge in [-0.05, 0) is 36.5 Å². The predicted octanol–water partition coefficient (Wildman–Crippen LogP) is 2.41. The molecule has 0 aliphatic heterocycles. The Balaban J connectivity index is 1.79. The number of aryl methyl sites for hydroxylation is 2. The second-order valence-corrected chi connectivity index (χ2v) is 5.86. The van der Waals surface area contributed by atoms with Crippen LogP contribution in [0.1, 0.15) is 23.2 Å². The number of rotatable bonds is 2. The predicted molar refractivity (Wildman–Crippen MR) is 76.2 cm³/mol. The number of hydrogen-bond donors (Lipinski definition) is 1. The van der Waals surface area contributed by atoms with Crippen molar-refractivity contribution in [2.45, 2.75) is 25.8 Å². The topological polar surface area (TPSA) is 56.2 Å². The molecule has 0 saturated heterocycles. The van der Waals surface area contributed by atoms with E-state index in [1.165, 1.54) is 36.0 Å². The monoisotopic (exact) mass is 270 g/mol. The van der Waals surface area contributed by atoms with Crippen LogP contribution in [0.3, 0.4) is 0 Å². The third-order valence-electron chi connectivity index (χ3n) is 3.65. The number of aromatic nitrogens is 3. The summed E-state index contributed by atoms with van der Waals surface area (Å²) in [6.07, 6.45) is 5.60. The van der Waals surface area contributed by atoms with Gasteiger partial charge in [-0.2, -0.15) is 5.10 Å². The summed E-state index contributed by atoms with van der Waals surface area (Å²) in [6, 6.07) is 6.70. The standard InChI is InChI=1S/C14H14N4S/c15-7-12-8-18-14(16-12)19-13(17-18)11-5-4-9-2-1-3-10(9)6-11/h4-6,8H,1-3,7,15H2. The van der Waals surface area contributed by atoms with Gasteiger partial charge >= 0.3 is 0 Å². The Bertz CT molecular complexity index is 724. The first-order chi connectivity index (χ1) is 9.33. The highest BCUT2D eigenvalue weighted by Gasteiger charge is 2.14. The molecule has 0 saturated carbocycles. The largest absolute Gasteiger partial charge is 0.325 e. The van der Waals surface area contributed by atoms with Crippen LogP contribution in [0, 0.1) is 0 Å². The molecule has 4 rings (SSSR count). The number of nitrogens with two attached hydrogens (primary N) is 1. The van der Waals surface area contributed by atoms with Gasteiger partial charge in [-0.3, -0.25) is 0 Å². The van der Waals surface area contributed by atoms with Gasteiger partial charge < -0.3 is 5.73 Å². The molecule has 96 valence electrons. The molecule has 5 heteroatoms. The van der Waals surface area contributed by atoms with E-state index in [0.29, 0.717) is 6.54 Å². The molecule has 0 amide bonds. The van der Waals surface area contributed by atoms with Gasteiger partial charge in [0.15, 0.2) is 0 Å². The van der Waals surface area contributed by atoms with Crippen molar-refractivity contribution in [1.82, 2.24) is 14.6 Å². The van der Waals surface area contributed by atoms with Gasteiger partial charge in [0.1, 0.15) is 5.01 Å². The van der Waals surface area contributed by atoms with E-state index < -0.39 is 0 Å². The number of fused-ring (bicyclic) bond motifs is 2. The summed E-state index contributed by atoms with van der Waals surface area (Å²) < 4.78 is 1.83. The SMILES string of the molecule is NCc1cn2nc(-c3ccc4c(c3)CCC4)sc2n1. The number of imidazole rings is 1. The van der Waals surface area contributed by atoms with Crippen molar-refractivity contribution in [1.29, 1.82) is 0 Å². The number of hydrogen-bond acceptors (Lipinski definition) is 4. The van der Waals surface area contributed by atoms with Gasteiger partial charge in [0.25, 0.3) is 0 Å². The van der Waals surface area contributed by atoms with Gasteiger partial charge in [0.2, 0.25) is 4.96 Å². The smallest absolute Gasteiger partial charge is 0.212 e. The van der Waals surface area contributed by atoms with Gasteiger partial charge in [0, 0.05) is 12.1 Å². The van der Waals surface area contributed by atoms with E-state index in [1.54, 1.807) is 11.3 Å². The second-order valence-electron chi connectivity index (χ2n) is 4.91. The zero-order valence-electron chi connectivity index (χ0n) is 10.5. The van der Waals surface area contributed by atoms with Crippen molar-refractivity contribution in [2.75, 3.05) is 0 Å². The van der Waals surface area contributed by atoms with Crippen molar-refractivity contribution in [3.8, 4) is 10.6 Å². The molecular weight excluding hydrogens is 256 g/mol. The quantitative estimate of drug-likeness (QED) is 0.778. The maximum Gasteiger partial charge on any atom is 0.212 e. The molecular formula is C14H14N4S. The average Bonchev–Trinajstić information content (AvgIpc) is 3.10. The lowest BCUT2D eigenvalue weighted by atomic mass is 10.1. The van der Waals surface area contributed by atoms with E-state index in [-0.39, 0.29) is 0 Å². The molecule has 0 radical (unpaired) electrons. The maximum atomic E-state index is 5.58. The van der Waals surface area contributed by atoms with E-state index in [4.69, 9.17) is 5.73 Å². The summed E-state index contributed by atoms with van der Waals surface area (Å²) >= 11 is 1.62. The highest BCUT2D eigenvalue weighted by Crippen LogP contribution is 2.30. The summed E-state index contributed by atoms with van der Waals surface area (Å²) in [4.78, 5) is 5.36. The van der Waals surface area contributed by atoms with Crippen LogP contribution in [-0.4, -0.2) is 14.6 Å². The fourth-order valence-corrected chi connectivity index (χ4v) is 3.56. The first kappa shape index (κ1) is 11.1. The van der Waals surface area contributed by atoms with E-state index in [9.17, 15) is 0 Å². The van der Waals surface area contributed by atoms with E-state index >= 15 is 0 Å². The molecule has 0 spiro atoms. The Hall–Kier alpha value is -1.72. The van der Waals surface area contributed by atoms with Crippen LogP contribution < -0.4 is 5.73 Å². The molecule has 19 heavy (non-hydrogen) atoms. The van der Waals surface area contributed by atoms with E-state index in [2.05, 4.69) is 28.3 Å². The van der Waals surface area contributed by atoms with Gasteiger partial charge in [-0.25, -0.2) is 9.50 Å². The zero-order valence-corrected chi connectivity index (χ0v) is 11.3. The number of benzene rings is 1. The van der Waals surface area contributed by atoms with Gasteiger partial charge in [-0.15, -0.1) is 0 Å². The summed E-state index contributed by atoms with van der Waals surface area (Å²) in [5.74, 6) is 0. The Labute approximate surface area is 114 Å². The van der Waals surface area contributed by atoms with Crippen molar-refractivity contribution < 1.29 is 0 Å². The lowest BCUT2D eigenvalue weighted by Gasteiger charge is -2.01. The Kier molecular flexibility index (Phi) is 2.43. The molecule has 4 nitrogen and oxygen atoms in total. The van der Waals surface area contributed by atoms with E-state index in [0.717, 1.165) is 15.7 Å². The molecule has 1 aliphatic carbocycles. The third kappa shape index (κ3) is 1.77. The molecule has 1 aliphatic rings. The lowest BCUT2D eigenvalue weighted by molar-refractivity contribution is 0.912.